The van der Waals surface area contributed by atoms with E-state index in [1.54, 1.807) is 0 Å². The lowest BCUT2D eigenvalue weighted by molar-refractivity contribution is 0.284. The average molecular weight is 114 g/mol. The quantitative estimate of drug-likeness (QED) is 0.424. The van der Waals surface area contributed by atoms with Crippen LogP contribution in [0.1, 0.15) is 19.8 Å². The van der Waals surface area contributed by atoms with Crippen LogP contribution >= 0.6 is 0 Å². The molecule has 0 fully saturated rings. The molecule has 1 rings (SSSR count). The Bertz CT molecular complexity index is 96.6. The van der Waals surface area contributed by atoms with E-state index < -0.39 is 6.17 Å². The summed E-state index contributed by atoms with van der Waals surface area (Å²) in [7, 11) is 0. The SMILES string of the molecule is CC1C=CCC(F)C1. The fraction of sp³-hybridized carbons (Fsp3) is 0.714. The molecular formula is C7H11F. The van der Waals surface area contributed by atoms with Crippen LogP contribution in [0.2, 0.25) is 0 Å². The lowest BCUT2D eigenvalue weighted by Crippen LogP contribution is -2.08. The zero-order chi connectivity index (χ0) is 5.98. The molecule has 0 saturated carbocycles. The first kappa shape index (κ1) is 5.80. The number of hydrogen-bond donors (Lipinski definition) is 0. The third kappa shape index (κ3) is 1.32. The minimum Gasteiger partial charge on any atom is -0.247 e. The second-order valence-electron chi connectivity index (χ2n) is 2.47. The summed E-state index contributed by atoms with van der Waals surface area (Å²) >= 11 is 0. The Morgan fingerprint density at radius 1 is 1.62 bits per heavy atom. The molecule has 0 bridgehead atoms. The standard InChI is InChI=1S/C7H11F/c1-6-3-2-4-7(8)5-6/h2-3,6-7H,4-5H2,1H3. The maximum absolute atomic E-state index is 12.4. The van der Waals surface area contributed by atoms with Gasteiger partial charge < -0.3 is 0 Å². The fourth-order valence-corrected chi connectivity index (χ4v) is 1.04. The second kappa shape index (κ2) is 2.29. The van der Waals surface area contributed by atoms with Crippen molar-refractivity contribution >= 4 is 0 Å². The molecule has 0 aromatic heterocycles. The van der Waals surface area contributed by atoms with Crippen molar-refractivity contribution in [2.45, 2.75) is 25.9 Å². The Labute approximate surface area is 49.4 Å². The molecule has 2 unspecified atom stereocenters. The van der Waals surface area contributed by atoms with E-state index in [0.29, 0.717) is 12.3 Å². The van der Waals surface area contributed by atoms with Crippen molar-refractivity contribution < 1.29 is 4.39 Å². The molecule has 0 aliphatic heterocycles. The fourth-order valence-electron chi connectivity index (χ4n) is 1.04. The number of hydrogen-bond acceptors (Lipinski definition) is 0. The van der Waals surface area contributed by atoms with Crippen molar-refractivity contribution in [3.8, 4) is 0 Å². The van der Waals surface area contributed by atoms with E-state index in [2.05, 4.69) is 6.08 Å². The highest BCUT2D eigenvalue weighted by Gasteiger charge is 2.11. The summed E-state index contributed by atoms with van der Waals surface area (Å²) in [6.45, 7) is 2.04. The highest BCUT2D eigenvalue weighted by molar-refractivity contribution is 4.94. The van der Waals surface area contributed by atoms with Crippen LogP contribution in [0.5, 0.6) is 0 Å². The van der Waals surface area contributed by atoms with Crippen molar-refractivity contribution in [1.82, 2.24) is 0 Å². The molecule has 0 saturated heterocycles. The van der Waals surface area contributed by atoms with E-state index in [9.17, 15) is 4.39 Å². The largest absolute Gasteiger partial charge is 0.247 e. The molecule has 0 nitrogen and oxygen atoms in total. The minimum atomic E-state index is -0.574. The van der Waals surface area contributed by atoms with Crippen LogP contribution in [0.15, 0.2) is 12.2 Å². The smallest absolute Gasteiger partial charge is 0.104 e. The Balaban J connectivity index is 2.42. The topological polar surface area (TPSA) is 0 Å². The molecule has 1 aliphatic carbocycles. The Morgan fingerprint density at radius 2 is 2.38 bits per heavy atom. The molecule has 46 valence electrons. The first-order valence-electron chi connectivity index (χ1n) is 3.10. The van der Waals surface area contributed by atoms with Crippen LogP contribution in [0.3, 0.4) is 0 Å². The summed E-state index contributed by atoms with van der Waals surface area (Å²) < 4.78 is 12.4. The predicted octanol–water partition coefficient (Wildman–Crippen LogP) is 2.31. The van der Waals surface area contributed by atoms with Gasteiger partial charge in [-0.1, -0.05) is 19.1 Å². The van der Waals surface area contributed by atoms with E-state index in [-0.39, 0.29) is 0 Å². The minimum absolute atomic E-state index is 0.457. The molecule has 0 aromatic rings. The first-order valence-corrected chi connectivity index (χ1v) is 3.10. The van der Waals surface area contributed by atoms with E-state index in [1.165, 1.54) is 0 Å². The van der Waals surface area contributed by atoms with Gasteiger partial charge in [0.15, 0.2) is 0 Å². The third-order valence-electron chi connectivity index (χ3n) is 1.48. The Kier molecular flexibility index (Phi) is 1.66. The van der Waals surface area contributed by atoms with Crippen LogP contribution in [0.25, 0.3) is 0 Å². The van der Waals surface area contributed by atoms with E-state index in [1.807, 2.05) is 13.0 Å². The van der Waals surface area contributed by atoms with Crippen molar-refractivity contribution in [2.24, 2.45) is 5.92 Å². The molecule has 8 heavy (non-hydrogen) atoms. The first-order chi connectivity index (χ1) is 3.79. The molecular weight excluding hydrogens is 103 g/mol. The van der Waals surface area contributed by atoms with Gasteiger partial charge in [0.25, 0.3) is 0 Å². The highest BCUT2D eigenvalue weighted by Crippen LogP contribution is 2.18. The molecule has 0 radical (unpaired) electrons. The van der Waals surface area contributed by atoms with E-state index >= 15 is 0 Å². The van der Waals surface area contributed by atoms with Crippen LogP contribution in [-0.4, -0.2) is 6.17 Å². The van der Waals surface area contributed by atoms with Crippen molar-refractivity contribution in [3.05, 3.63) is 12.2 Å². The maximum atomic E-state index is 12.4. The highest BCUT2D eigenvalue weighted by atomic mass is 19.1. The molecule has 0 aromatic carbocycles. The molecule has 1 heteroatoms. The predicted molar refractivity (Wildman–Crippen MR) is 32.4 cm³/mol. The van der Waals surface area contributed by atoms with Crippen molar-refractivity contribution in [1.29, 1.82) is 0 Å². The number of allylic oxidation sites excluding steroid dienone is 2. The molecule has 0 amide bonds. The lowest BCUT2D eigenvalue weighted by Gasteiger charge is -2.13. The molecule has 1 aliphatic rings. The summed E-state index contributed by atoms with van der Waals surface area (Å²) in [5.74, 6) is 0.457. The maximum Gasteiger partial charge on any atom is 0.104 e. The summed E-state index contributed by atoms with van der Waals surface area (Å²) in [4.78, 5) is 0. The normalized spacial score (nSPS) is 37.8. The van der Waals surface area contributed by atoms with Crippen molar-refractivity contribution in [2.75, 3.05) is 0 Å². The molecule has 2 atom stereocenters. The van der Waals surface area contributed by atoms with Gasteiger partial charge in [0.2, 0.25) is 0 Å². The van der Waals surface area contributed by atoms with Crippen LogP contribution in [-0.2, 0) is 0 Å². The van der Waals surface area contributed by atoms with Gasteiger partial charge in [-0.3, -0.25) is 0 Å². The summed E-state index contributed by atoms with van der Waals surface area (Å²) in [5, 5.41) is 0. The van der Waals surface area contributed by atoms with Gasteiger partial charge >= 0.3 is 0 Å². The van der Waals surface area contributed by atoms with Crippen LogP contribution in [0.4, 0.5) is 4.39 Å². The third-order valence-corrected chi connectivity index (χ3v) is 1.48. The zero-order valence-electron chi connectivity index (χ0n) is 5.10. The van der Waals surface area contributed by atoms with Gasteiger partial charge in [0.05, 0.1) is 0 Å². The summed E-state index contributed by atoms with van der Waals surface area (Å²) in [6.07, 6.45) is 4.78. The summed E-state index contributed by atoms with van der Waals surface area (Å²) in [6, 6.07) is 0. The summed E-state index contributed by atoms with van der Waals surface area (Å²) in [5.41, 5.74) is 0. The molecule has 0 heterocycles. The van der Waals surface area contributed by atoms with Gasteiger partial charge in [-0.15, -0.1) is 0 Å². The Morgan fingerprint density at radius 3 is 2.75 bits per heavy atom. The number of halogens is 1. The van der Waals surface area contributed by atoms with Crippen LogP contribution < -0.4 is 0 Å². The van der Waals surface area contributed by atoms with Gasteiger partial charge in [0.1, 0.15) is 6.17 Å². The Hall–Kier alpha value is -0.330. The number of alkyl halides is 1. The van der Waals surface area contributed by atoms with E-state index in [4.69, 9.17) is 0 Å². The van der Waals surface area contributed by atoms with Crippen molar-refractivity contribution in [3.63, 3.8) is 0 Å². The molecule has 0 spiro atoms. The monoisotopic (exact) mass is 114 g/mol. The van der Waals surface area contributed by atoms with Gasteiger partial charge in [-0.2, -0.15) is 0 Å². The lowest BCUT2D eigenvalue weighted by atomic mass is 9.97. The second-order valence-corrected chi connectivity index (χ2v) is 2.47. The van der Waals surface area contributed by atoms with Crippen LogP contribution in [0, 0.1) is 5.92 Å². The molecule has 0 N–H and O–H groups in total. The number of rotatable bonds is 0. The van der Waals surface area contributed by atoms with Gasteiger partial charge in [-0.25, -0.2) is 4.39 Å². The zero-order valence-corrected chi connectivity index (χ0v) is 5.10. The van der Waals surface area contributed by atoms with Gasteiger partial charge in [0, 0.05) is 0 Å². The van der Waals surface area contributed by atoms with Gasteiger partial charge in [-0.05, 0) is 18.8 Å². The average Bonchev–Trinajstić information content (AvgIpc) is 1.64. The van der Waals surface area contributed by atoms with E-state index in [0.717, 1.165) is 6.42 Å².